The zero-order chi connectivity index (χ0) is 26.4. The number of ether oxygens (including phenoxy) is 2. The molecule has 37 heavy (non-hydrogen) atoms. The van der Waals surface area contributed by atoms with E-state index in [0.717, 1.165) is 11.3 Å². The van der Waals surface area contributed by atoms with Crippen LogP contribution in [0.5, 0.6) is 5.75 Å². The summed E-state index contributed by atoms with van der Waals surface area (Å²) in [5, 5.41) is 0. The number of carbonyl (C=O) groups excluding carboxylic acids is 3. The molecule has 2 N–H and O–H groups in total. The molecule has 1 aromatic heterocycles. The summed E-state index contributed by atoms with van der Waals surface area (Å²) >= 11 is 1.05. The number of amides is 2. The summed E-state index contributed by atoms with van der Waals surface area (Å²) in [6.07, 6.45) is 0. The molecule has 2 amide bonds. The summed E-state index contributed by atoms with van der Waals surface area (Å²) in [7, 11) is 2.81. The Balaban J connectivity index is 1.80. The van der Waals surface area contributed by atoms with Crippen LogP contribution >= 0.6 is 11.3 Å². The number of hydrogen-bond donors (Lipinski definition) is 1. The van der Waals surface area contributed by atoms with Crippen molar-refractivity contribution in [2.24, 2.45) is 10.7 Å². The molecule has 5 rings (SSSR count). The molecule has 3 heterocycles. The fourth-order valence-electron chi connectivity index (χ4n) is 4.66. The average Bonchev–Trinajstić information content (AvgIpc) is 3.35. The Labute approximate surface area is 214 Å². The number of aromatic nitrogens is 1. The van der Waals surface area contributed by atoms with E-state index < -0.39 is 29.4 Å². The van der Waals surface area contributed by atoms with Gasteiger partial charge in [0.25, 0.3) is 11.5 Å². The number of fused-ring (bicyclic) bond motifs is 2. The summed E-state index contributed by atoms with van der Waals surface area (Å²) in [5.41, 5.74) is 7.32. The lowest BCUT2D eigenvalue weighted by molar-refractivity contribution is -0.136. The second-order valence-electron chi connectivity index (χ2n) is 8.42. The highest BCUT2D eigenvalue weighted by Gasteiger charge is 2.37. The van der Waals surface area contributed by atoms with E-state index in [-0.39, 0.29) is 22.2 Å². The van der Waals surface area contributed by atoms with Crippen LogP contribution < -0.4 is 30.3 Å². The molecule has 2 aliphatic rings. The Morgan fingerprint density at radius 1 is 1.08 bits per heavy atom. The first-order chi connectivity index (χ1) is 17.8. The van der Waals surface area contributed by atoms with Crippen molar-refractivity contribution in [3.63, 3.8) is 0 Å². The standard InChI is InChI=1S/C26H22N4O6S/c1-13-19(25(34)36-3)21(14-8-10-15(35-2)11-9-14)30-24(33)22(37-26(30)28-13)20-16-6-4-5-7-17(16)29(23(20)32)12-18(27)31/h4-11,21H,12H2,1-3H3,(H2,27,31)/b22-20-/t21-/m1/s1. The highest BCUT2D eigenvalue weighted by atomic mass is 32.1. The molecule has 0 spiro atoms. The van der Waals surface area contributed by atoms with E-state index in [2.05, 4.69) is 4.99 Å². The number of nitrogens with two attached hydrogens (primary N) is 1. The Hall–Kier alpha value is -4.51. The van der Waals surface area contributed by atoms with Gasteiger partial charge in [-0.25, -0.2) is 9.79 Å². The predicted molar refractivity (Wildman–Crippen MR) is 136 cm³/mol. The van der Waals surface area contributed by atoms with Crippen LogP contribution in [0.3, 0.4) is 0 Å². The number of para-hydroxylation sites is 1. The van der Waals surface area contributed by atoms with Crippen molar-refractivity contribution in [2.45, 2.75) is 13.0 Å². The second kappa shape index (κ2) is 9.17. The zero-order valence-corrected chi connectivity index (χ0v) is 21.0. The number of hydrogen-bond acceptors (Lipinski definition) is 8. The van der Waals surface area contributed by atoms with Crippen molar-refractivity contribution in [1.82, 2.24) is 4.57 Å². The maximum absolute atomic E-state index is 14.0. The number of primary amides is 1. The van der Waals surface area contributed by atoms with Crippen molar-refractivity contribution in [1.29, 1.82) is 0 Å². The van der Waals surface area contributed by atoms with E-state index in [0.29, 0.717) is 33.1 Å². The number of methoxy groups -OCH3 is 2. The minimum Gasteiger partial charge on any atom is -0.497 e. The maximum Gasteiger partial charge on any atom is 0.338 e. The Kier molecular flexibility index (Phi) is 6.00. The molecule has 0 unspecified atom stereocenters. The Bertz CT molecular complexity index is 1680. The Morgan fingerprint density at radius 3 is 2.43 bits per heavy atom. The molecule has 0 radical (unpaired) electrons. The van der Waals surface area contributed by atoms with Gasteiger partial charge in [-0.2, -0.15) is 0 Å². The van der Waals surface area contributed by atoms with E-state index >= 15 is 0 Å². The van der Waals surface area contributed by atoms with Gasteiger partial charge in [0.15, 0.2) is 4.80 Å². The summed E-state index contributed by atoms with van der Waals surface area (Å²) in [6.45, 7) is 1.35. The minimum absolute atomic E-state index is 0.153. The van der Waals surface area contributed by atoms with Gasteiger partial charge in [0.05, 0.1) is 42.8 Å². The highest BCUT2D eigenvalue weighted by Crippen LogP contribution is 2.35. The topological polar surface area (TPSA) is 133 Å². The molecule has 11 heteroatoms. The van der Waals surface area contributed by atoms with Crippen LogP contribution in [0.25, 0.3) is 5.57 Å². The summed E-state index contributed by atoms with van der Waals surface area (Å²) < 4.78 is 11.8. The van der Waals surface area contributed by atoms with Crippen LogP contribution in [-0.2, 0) is 19.1 Å². The first-order valence-electron chi connectivity index (χ1n) is 11.2. The van der Waals surface area contributed by atoms with Crippen molar-refractivity contribution < 1.29 is 23.9 Å². The lowest BCUT2D eigenvalue weighted by atomic mass is 9.96. The zero-order valence-electron chi connectivity index (χ0n) is 20.2. The quantitative estimate of drug-likeness (QED) is 0.493. The predicted octanol–water partition coefficient (Wildman–Crippen LogP) is 0.619. The van der Waals surface area contributed by atoms with Crippen molar-refractivity contribution in [2.75, 3.05) is 25.7 Å². The van der Waals surface area contributed by atoms with E-state index in [1.807, 2.05) is 0 Å². The lowest BCUT2D eigenvalue weighted by Gasteiger charge is -2.24. The molecule has 0 aliphatic carbocycles. The normalized spacial score (nSPS) is 17.8. The van der Waals surface area contributed by atoms with E-state index in [1.165, 1.54) is 16.6 Å². The molecule has 2 aromatic carbocycles. The molecular formula is C26H22N4O6S. The molecule has 2 aliphatic heterocycles. The van der Waals surface area contributed by atoms with Crippen molar-refractivity contribution in [3.05, 3.63) is 90.6 Å². The van der Waals surface area contributed by atoms with Crippen LogP contribution in [0.15, 0.2) is 69.6 Å². The number of thiazole rings is 1. The number of allylic oxidation sites excluding steroid dienone is 1. The number of anilines is 1. The lowest BCUT2D eigenvalue weighted by Crippen LogP contribution is -2.41. The first-order valence-corrected chi connectivity index (χ1v) is 12.1. The summed E-state index contributed by atoms with van der Waals surface area (Å²) in [6, 6.07) is 13.0. The van der Waals surface area contributed by atoms with Gasteiger partial charge in [0.2, 0.25) is 5.91 Å². The number of nitrogens with zero attached hydrogens (tertiary/aromatic N) is 3. The van der Waals surface area contributed by atoms with Crippen LogP contribution in [0, 0.1) is 0 Å². The van der Waals surface area contributed by atoms with Crippen molar-refractivity contribution >= 4 is 40.4 Å². The molecule has 0 saturated heterocycles. The van der Waals surface area contributed by atoms with Gasteiger partial charge in [0, 0.05) is 5.56 Å². The third-order valence-corrected chi connectivity index (χ3v) is 7.35. The van der Waals surface area contributed by atoms with E-state index in [1.54, 1.807) is 62.6 Å². The molecule has 0 saturated carbocycles. The number of benzene rings is 2. The molecule has 10 nitrogen and oxygen atoms in total. The SMILES string of the molecule is COC(=O)C1=C(C)N=c2s/c(=C3\C(=O)N(CC(N)=O)c4ccccc43)c(=O)n2[C@@H]1c1ccc(OC)cc1. The molecule has 0 bridgehead atoms. The van der Waals surface area contributed by atoms with E-state index in [9.17, 15) is 19.2 Å². The third kappa shape index (κ3) is 3.84. The number of rotatable bonds is 5. The second-order valence-corrected chi connectivity index (χ2v) is 9.39. The van der Waals surface area contributed by atoms with Gasteiger partial charge in [-0.1, -0.05) is 41.7 Å². The molecule has 1 atom stereocenters. The molecule has 0 fully saturated rings. The van der Waals surface area contributed by atoms with Crippen LogP contribution in [-0.4, -0.2) is 43.1 Å². The van der Waals surface area contributed by atoms with Crippen LogP contribution in [0.4, 0.5) is 5.69 Å². The van der Waals surface area contributed by atoms with Crippen molar-refractivity contribution in [3.8, 4) is 5.75 Å². The number of esters is 1. The van der Waals surface area contributed by atoms with E-state index in [4.69, 9.17) is 15.2 Å². The van der Waals surface area contributed by atoms with Gasteiger partial charge < -0.3 is 15.2 Å². The molecule has 188 valence electrons. The van der Waals surface area contributed by atoms with Gasteiger partial charge in [-0.3, -0.25) is 23.9 Å². The molecule has 3 aromatic rings. The smallest absolute Gasteiger partial charge is 0.338 e. The van der Waals surface area contributed by atoms with Gasteiger partial charge >= 0.3 is 5.97 Å². The average molecular weight is 519 g/mol. The fraction of sp³-hybridized carbons (Fsp3) is 0.192. The van der Waals surface area contributed by atoms with Gasteiger partial charge in [0.1, 0.15) is 16.8 Å². The van der Waals surface area contributed by atoms with Crippen LogP contribution in [0.1, 0.15) is 24.1 Å². The van der Waals surface area contributed by atoms with Gasteiger partial charge in [-0.05, 0) is 30.7 Å². The van der Waals surface area contributed by atoms with Crippen LogP contribution in [0.2, 0.25) is 0 Å². The third-order valence-electron chi connectivity index (χ3n) is 6.30. The summed E-state index contributed by atoms with van der Waals surface area (Å²) in [4.78, 5) is 58.1. The monoisotopic (exact) mass is 518 g/mol. The summed E-state index contributed by atoms with van der Waals surface area (Å²) in [5.74, 6) is -1.18. The maximum atomic E-state index is 14.0. The minimum atomic E-state index is -0.836. The molecular weight excluding hydrogens is 496 g/mol. The van der Waals surface area contributed by atoms with Gasteiger partial charge in [-0.15, -0.1) is 0 Å². The largest absolute Gasteiger partial charge is 0.497 e. The fourth-order valence-corrected chi connectivity index (χ4v) is 5.79. The number of carbonyl (C=O) groups is 3. The first kappa shape index (κ1) is 24.2. The highest BCUT2D eigenvalue weighted by molar-refractivity contribution is 7.07. The Morgan fingerprint density at radius 2 is 1.78 bits per heavy atom.